The summed E-state index contributed by atoms with van der Waals surface area (Å²) in [6.45, 7) is -0.641. The van der Waals surface area contributed by atoms with E-state index >= 15 is 0 Å². The molecule has 0 aliphatic heterocycles. The Labute approximate surface area is 146 Å². The highest BCUT2D eigenvalue weighted by Gasteiger charge is 2.33. The molecule has 0 fully saturated rings. The van der Waals surface area contributed by atoms with Crippen molar-refractivity contribution in [1.82, 2.24) is 5.32 Å². The summed E-state index contributed by atoms with van der Waals surface area (Å²) < 4.78 is 9.39. The number of carbonyl (C=O) groups is 2. The lowest BCUT2D eigenvalue weighted by molar-refractivity contribution is -0.147. The third kappa shape index (κ3) is 4.77. The Balaban J connectivity index is 2.00. The molecule has 1 unspecified atom stereocenters. The maximum Gasteiger partial charge on any atom is 0.331 e. The predicted octanol–water partition coefficient (Wildman–Crippen LogP) is 1.01. The van der Waals surface area contributed by atoms with Crippen LogP contribution in [0.5, 0.6) is 0 Å². The number of amides is 1. The number of nitrogens with one attached hydrogen (secondary N) is 2. The van der Waals surface area contributed by atoms with Crippen LogP contribution in [0, 0.1) is 5.41 Å². The zero-order valence-corrected chi connectivity index (χ0v) is 14.0. The van der Waals surface area contributed by atoms with Crippen molar-refractivity contribution in [1.29, 1.82) is 5.41 Å². The minimum absolute atomic E-state index is 0.173. The molecule has 25 heavy (non-hydrogen) atoms. The third-order valence-corrected chi connectivity index (χ3v) is 3.82. The van der Waals surface area contributed by atoms with E-state index in [0.29, 0.717) is 6.42 Å². The van der Waals surface area contributed by atoms with Crippen LogP contribution in [-0.4, -0.2) is 43.6 Å². The van der Waals surface area contributed by atoms with E-state index in [2.05, 4.69) is 10.1 Å². The quantitative estimate of drug-likeness (QED) is 0.388. The monoisotopic (exact) mass is 343 g/mol. The van der Waals surface area contributed by atoms with Crippen molar-refractivity contribution in [2.75, 3.05) is 20.3 Å². The van der Waals surface area contributed by atoms with Crippen LogP contribution in [0.25, 0.3) is 5.57 Å². The van der Waals surface area contributed by atoms with Crippen molar-refractivity contribution in [3.05, 3.63) is 54.1 Å². The first kappa shape index (κ1) is 18.4. The van der Waals surface area contributed by atoms with Crippen LogP contribution in [0.1, 0.15) is 12.0 Å². The fourth-order valence-corrected chi connectivity index (χ4v) is 2.41. The van der Waals surface area contributed by atoms with Gasteiger partial charge in [-0.25, -0.2) is 4.79 Å². The fourth-order valence-electron chi connectivity index (χ4n) is 2.41. The van der Waals surface area contributed by atoms with Gasteiger partial charge < -0.3 is 20.5 Å². The number of esters is 1. The Morgan fingerprint density at radius 2 is 2.00 bits per heavy atom. The van der Waals surface area contributed by atoms with Crippen LogP contribution < -0.4 is 11.1 Å². The molecule has 1 atom stereocenters. The number of nitrogens with two attached hydrogens (primary N) is 1. The van der Waals surface area contributed by atoms with E-state index in [1.807, 2.05) is 42.5 Å². The van der Waals surface area contributed by atoms with E-state index in [0.717, 1.165) is 11.1 Å². The van der Waals surface area contributed by atoms with Crippen molar-refractivity contribution < 1.29 is 19.1 Å². The smallest absolute Gasteiger partial charge is 0.331 e. The lowest BCUT2D eigenvalue weighted by Crippen LogP contribution is -2.57. The number of hydrogen-bond donors (Lipinski definition) is 3. The van der Waals surface area contributed by atoms with E-state index in [-0.39, 0.29) is 19.0 Å². The highest BCUT2D eigenvalue weighted by Crippen LogP contribution is 2.27. The van der Waals surface area contributed by atoms with Gasteiger partial charge in [0.2, 0.25) is 5.91 Å². The van der Waals surface area contributed by atoms with E-state index in [9.17, 15) is 9.59 Å². The van der Waals surface area contributed by atoms with Crippen molar-refractivity contribution in [3.63, 3.8) is 0 Å². The molecule has 132 valence electrons. The number of hydrogen-bond acceptors (Lipinski definition) is 5. The van der Waals surface area contributed by atoms with Crippen LogP contribution in [0.15, 0.2) is 48.6 Å². The minimum Gasteiger partial charge on any atom is -0.467 e. The topological polar surface area (TPSA) is 114 Å². The molecule has 0 bridgehead atoms. The van der Waals surface area contributed by atoms with Crippen LogP contribution in [0.3, 0.4) is 0 Å². The van der Waals surface area contributed by atoms with Crippen LogP contribution in [0.4, 0.5) is 0 Å². The maximum atomic E-state index is 12.0. The molecular weight excluding hydrogens is 322 g/mol. The second kappa shape index (κ2) is 8.25. The third-order valence-electron chi connectivity index (χ3n) is 3.82. The largest absolute Gasteiger partial charge is 0.467 e. The summed E-state index contributed by atoms with van der Waals surface area (Å²) in [6, 6.07) is 9.78. The zero-order valence-electron chi connectivity index (χ0n) is 14.0. The highest BCUT2D eigenvalue weighted by molar-refractivity contribution is 5.96. The number of methoxy groups -OCH3 is 1. The van der Waals surface area contributed by atoms with Crippen LogP contribution in [0.2, 0.25) is 0 Å². The molecule has 0 radical (unpaired) electrons. The molecule has 4 N–H and O–H groups in total. The van der Waals surface area contributed by atoms with Gasteiger partial charge in [-0.15, -0.1) is 0 Å². The summed E-state index contributed by atoms with van der Waals surface area (Å²) in [5.41, 5.74) is 6.65. The number of ether oxygens (including phenoxy) is 2. The second-order valence-corrected chi connectivity index (χ2v) is 5.57. The average molecular weight is 343 g/mol. The van der Waals surface area contributed by atoms with Crippen LogP contribution in [-0.2, 0) is 19.1 Å². The van der Waals surface area contributed by atoms with E-state index in [1.54, 1.807) is 6.08 Å². The first-order chi connectivity index (χ1) is 12.0. The summed E-state index contributed by atoms with van der Waals surface area (Å²) >= 11 is 0. The van der Waals surface area contributed by atoms with Gasteiger partial charge in [0.15, 0.2) is 0 Å². The number of rotatable bonds is 7. The first-order valence-corrected chi connectivity index (χ1v) is 7.72. The normalized spacial score (nSPS) is 19.0. The standard InChI is InChI=1S/C18H21N3O4/c1-24-16(23)12-25-11-15(22)21-18(17(19)20)9-7-14(8-10-18)13-5-3-2-4-6-13/h2-9H,10-12H2,1H3,(H3,19,20)(H,21,22). The van der Waals surface area contributed by atoms with Crippen LogP contribution >= 0.6 is 0 Å². The lowest BCUT2D eigenvalue weighted by atomic mass is 9.85. The molecule has 1 aliphatic rings. The minimum atomic E-state index is -1.09. The number of amidine groups is 1. The Hall–Kier alpha value is -2.93. The van der Waals surface area contributed by atoms with Gasteiger partial charge in [-0.2, -0.15) is 0 Å². The summed E-state index contributed by atoms with van der Waals surface area (Å²) in [7, 11) is 1.24. The Morgan fingerprint density at radius 3 is 2.56 bits per heavy atom. The van der Waals surface area contributed by atoms with E-state index in [4.69, 9.17) is 15.9 Å². The Kier molecular flexibility index (Phi) is 6.08. The van der Waals surface area contributed by atoms with Crippen molar-refractivity contribution in [2.24, 2.45) is 5.73 Å². The molecule has 0 aromatic heterocycles. The lowest BCUT2D eigenvalue weighted by Gasteiger charge is -2.32. The summed E-state index contributed by atoms with van der Waals surface area (Å²) in [5.74, 6) is -1.21. The van der Waals surface area contributed by atoms with Gasteiger partial charge in [-0.05, 0) is 11.1 Å². The first-order valence-electron chi connectivity index (χ1n) is 7.72. The number of carbonyl (C=O) groups excluding carboxylic acids is 2. The number of allylic oxidation sites excluding steroid dienone is 2. The summed E-state index contributed by atoms with van der Waals surface area (Å²) in [6.07, 6.45) is 5.81. The molecule has 1 aliphatic carbocycles. The van der Waals surface area contributed by atoms with Crippen molar-refractivity contribution in [3.8, 4) is 0 Å². The molecule has 0 heterocycles. The van der Waals surface area contributed by atoms with E-state index < -0.39 is 17.4 Å². The molecule has 0 saturated carbocycles. The van der Waals surface area contributed by atoms with Crippen molar-refractivity contribution >= 4 is 23.3 Å². The van der Waals surface area contributed by atoms with Gasteiger partial charge in [0.05, 0.1) is 7.11 Å². The SMILES string of the molecule is COC(=O)COCC(=O)NC1(C(=N)N)C=CC(c2ccccc2)=CC1. The van der Waals surface area contributed by atoms with Gasteiger partial charge in [-0.1, -0.05) is 48.6 Å². The van der Waals surface area contributed by atoms with Gasteiger partial charge in [0, 0.05) is 6.42 Å². The average Bonchev–Trinajstić information content (AvgIpc) is 2.62. The van der Waals surface area contributed by atoms with Gasteiger partial charge in [0.25, 0.3) is 0 Å². The molecule has 0 saturated heterocycles. The predicted molar refractivity (Wildman–Crippen MR) is 93.8 cm³/mol. The van der Waals surface area contributed by atoms with Gasteiger partial charge in [0.1, 0.15) is 24.6 Å². The number of benzene rings is 1. The molecule has 1 amide bonds. The second-order valence-electron chi connectivity index (χ2n) is 5.57. The Morgan fingerprint density at radius 1 is 1.28 bits per heavy atom. The molecule has 7 heteroatoms. The Bertz CT molecular complexity index is 712. The molecular formula is C18H21N3O4. The van der Waals surface area contributed by atoms with E-state index in [1.165, 1.54) is 7.11 Å². The van der Waals surface area contributed by atoms with Gasteiger partial charge >= 0.3 is 5.97 Å². The highest BCUT2D eigenvalue weighted by atomic mass is 16.6. The summed E-state index contributed by atoms with van der Waals surface area (Å²) in [5, 5.41) is 10.5. The zero-order chi connectivity index (χ0) is 18.3. The molecule has 1 aromatic carbocycles. The van der Waals surface area contributed by atoms with Gasteiger partial charge in [-0.3, -0.25) is 10.2 Å². The molecule has 1 aromatic rings. The molecule has 7 nitrogen and oxygen atoms in total. The fraction of sp³-hybridized carbons (Fsp3) is 0.278. The summed E-state index contributed by atoms with van der Waals surface area (Å²) in [4.78, 5) is 23.0. The van der Waals surface area contributed by atoms with Crippen molar-refractivity contribution in [2.45, 2.75) is 12.0 Å². The maximum absolute atomic E-state index is 12.0. The molecule has 2 rings (SSSR count). The molecule has 0 spiro atoms.